The molecule has 1 aliphatic heterocycles. The lowest BCUT2D eigenvalue weighted by Crippen LogP contribution is -2.45. The van der Waals surface area contributed by atoms with E-state index >= 15 is 0 Å². The molecule has 0 amide bonds. The average Bonchev–Trinajstić information content (AvgIpc) is 3.29. The summed E-state index contributed by atoms with van der Waals surface area (Å²) in [6.07, 6.45) is 4.06. The van der Waals surface area contributed by atoms with E-state index in [1.54, 1.807) is 18.3 Å². The van der Waals surface area contributed by atoms with Crippen LogP contribution in [0.2, 0.25) is 0 Å². The molecule has 3 N–H and O–H groups in total. The van der Waals surface area contributed by atoms with Gasteiger partial charge in [-0.2, -0.15) is 4.39 Å². The van der Waals surface area contributed by atoms with Gasteiger partial charge in [-0.15, -0.1) is 40.1 Å². The first-order valence-electron chi connectivity index (χ1n) is 9.55. The molecule has 0 unspecified atom stereocenters. The van der Waals surface area contributed by atoms with Gasteiger partial charge in [-0.3, -0.25) is 5.10 Å². The van der Waals surface area contributed by atoms with Crippen LogP contribution in [0.5, 0.6) is 5.75 Å². The highest BCUT2D eigenvalue weighted by molar-refractivity contribution is 5.85. The van der Waals surface area contributed by atoms with E-state index in [2.05, 4.69) is 56.4 Å². The standard InChI is InChI=1S/C20H24FN7O.2ClH/c1-20(2,3)24-13-6-7-28(11-13)19-22-10-16(25-27-19)14-5-4-12(8-17(14)29)15-9-23-26-18(15)21;;/h4-5,8-10,13,24,29H,6-7,11H2,1-3H3,(H,23,26);2*1H/t13-;;/m1../s1. The second-order valence-electron chi connectivity index (χ2n) is 8.29. The predicted octanol–water partition coefficient (Wildman–Crippen LogP) is 3.58. The van der Waals surface area contributed by atoms with Crippen LogP contribution in [-0.2, 0) is 0 Å². The lowest BCUT2D eigenvalue weighted by molar-refractivity contribution is 0.373. The summed E-state index contributed by atoms with van der Waals surface area (Å²) in [5, 5.41) is 28.4. The van der Waals surface area contributed by atoms with Crippen LogP contribution in [0.15, 0.2) is 30.6 Å². The number of hydrogen-bond acceptors (Lipinski definition) is 7. The summed E-state index contributed by atoms with van der Waals surface area (Å²) in [5.41, 5.74) is 1.81. The molecule has 0 saturated carbocycles. The summed E-state index contributed by atoms with van der Waals surface area (Å²) < 4.78 is 13.6. The van der Waals surface area contributed by atoms with Crippen molar-refractivity contribution in [3.8, 4) is 28.1 Å². The SMILES string of the molecule is CC(C)(C)N[C@@H]1CCN(c2ncc(-c3ccc(-c4c[nH]nc4F)cc3O)nn2)C1.Cl.Cl. The number of hydrogen-bond donors (Lipinski definition) is 3. The van der Waals surface area contributed by atoms with Crippen molar-refractivity contribution >= 4 is 30.8 Å². The first kappa shape index (κ1) is 24.8. The Bertz CT molecular complexity index is 1010. The van der Waals surface area contributed by atoms with Crippen molar-refractivity contribution in [2.75, 3.05) is 18.0 Å². The lowest BCUT2D eigenvalue weighted by Gasteiger charge is -2.25. The highest BCUT2D eigenvalue weighted by Crippen LogP contribution is 2.32. The molecule has 4 rings (SSSR count). The molecule has 0 spiro atoms. The number of H-pyrrole nitrogens is 1. The van der Waals surface area contributed by atoms with Gasteiger partial charge in [0.15, 0.2) is 0 Å². The van der Waals surface area contributed by atoms with E-state index in [1.807, 2.05) is 0 Å². The van der Waals surface area contributed by atoms with Crippen LogP contribution in [0.25, 0.3) is 22.4 Å². The number of nitrogens with one attached hydrogen (secondary N) is 2. The monoisotopic (exact) mass is 469 g/mol. The Kier molecular flexibility index (Phi) is 7.80. The van der Waals surface area contributed by atoms with Crippen molar-refractivity contribution in [3.63, 3.8) is 0 Å². The van der Waals surface area contributed by atoms with Gasteiger partial charge in [0.1, 0.15) is 11.4 Å². The fourth-order valence-corrected chi connectivity index (χ4v) is 3.60. The fraction of sp³-hybridized carbons (Fsp3) is 0.400. The summed E-state index contributed by atoms with van der Waals surface area (Å²) in [6, 6.07) is 5.23. The topological polar surface area (TPSA) is 103 Å². The molecule has 0 bridgehead atoms. The predicted molar refractivity (Wildman–Crippen MR) is 122 cm³/mol. The molecule has 3 aromatic rings. The van der Waals surface area contributed by atoms with Gasteiger partial charge in [0, 0.05) is 36.4 Å². The van der Waals surface area contributed by atoms with E-state index in [-0.39, 0.29) is 36.1 Å². The molecule has 0 radical (unpaired) electrons. The van der Waals surface area contributed by atoms with Gasteiger partial charge < -0.3 is 15.3 Å². The Morgan fingerprint density at radius 3 is 2.55 bits per heavy atom. The van der Waals surface area contributed by atoms with Crippen LogP contribution in [0.4, 0.5) is 10.3 Å². The highest BCUT2D eigenvalue weighted by Gasteiger charge is 2.27. The number of phenols is 1. The Balaban J connectivity index is 0.00000171. The van der Waals surface area contributed by atoms with E-state index in [0.717, 1.165) is 19.5 Å². The third-order valence-electron chi connectivity index (χ3n) is 4.84. The number of phenolic OH excluding ortho intramolecular Hbond substituents is 1. The highest BCUT2D eigenvalue weighted by atomic mass is 35.5. The Morgan fingerprint density at radius 1 is 1.19 bits per heavy atom. The fourth-order valence-electron chi connectivity index (χ4n) is 3.60. The zero-order valence-corrected chi connectivity index (χ0v) is 19.1. The van der Waals surface area contributed by atoms with Gasteiger partial charge in [-0.05, 0) is 44.9 Å². The molecule has 1 atom stereocenters. The number of aromatic amines is 1. The Labute approximate surface area is 192 Å². The summed E-state index contributed by atoms with van der Waals surface area (Å²) in [5.74, 6) is -0.0704. The zero-order chi connectivity index (χ0) is 20.6. The molecule has 8 nitrogen and oxygen atoms in total. The molecule has 31 heavy (non-hydrogen) atoms. The van der Waals surface area contributed by atoms with Crippen molar-refractivity contribution < 1.29 is 9.50 Å². The van der Waals surface area contributed by atoms with Gasteiger partial charge in [0.25, 0.3) is 0 Å². The third-order valence-corrected chi connectivity index (χ3v) is 4.84. The van der Waals surface area contributed by atoms with Crippen molar-refractivity contribution in [3.05, 3.63) is 36.5 Å². The van der Waals surface area contributed by atoms with Gasteiger partial charge in [0.2, 0.25) is 11.9 Å². The zero-order valence-electron chi connectivity index (χ0n) is 17.5. The number of aromatic nitrogens is 5. The summed E-state index contributed by atoms with van der Waals surface area (Å²) in [6.45, 7) is 8.16. The van der Waals surface area contributed by atoms with Crippen molar-refractivity contribution in [1.29, 1.82) is 0 Å². The van der Waals surface area contributed by atoms with Crippen LogP contribution in [-0.4, -0.2) is 55.2 Å². The quantitative estimate of drug-likeness (QED) is 0.536. The van der Waals surface area contributed by atoms with Crippen LogP contribution in [0.3, 0.4) is 0 Å². The Hall–Kier alpha value is -2.49. The summed E-state index contributed by atoms with van der Waals surface area (Å²) in [7, 11) is 0. The number of aromatic hydroxyl groups is 1. The summed E-state index contributed by atoms with van der Waals surface area (Å²) in [4.78, 5) is 6.54. The second-order valence-corrected chi connectivity index (χ2v) is 8.29. The Morgan fingerprint density at radius 2 is 1.97 bits per heavy atom. The molecule has 2 aromatic heterocycles. The first-order valence-corrected chi connectivity index (χ1v) is 9.55. The number of anilines is 1. The maximum atomic E-state index is 13.6. The molecule has 1 aliphatic rings. The number of rotatable bonds is 4. The maximum absolute atomic E-state index is 13.6. The van der Waals surface area contributed by atoms with E-state index < -0.39 is 5.95 Å². The molecule has 3 heterocycles. The molecule has 1 saturated heterocycles. The van der Waals surface area contributed by atoms with E-state index in [4.69, 9.17) is 0 Å². The molecule has 168 valence electrons. The minimum absolute atomic E-state index is 0. The molecule has 11 heteroatoms. The minimum atomic E-state index is -0.618. The number of nitrogens with zero attached hydrogens (tertiary/aromatic N) is 5. The third kappa shape index (κ3) is 5.61. The molecule has 0 aliphatic carbocycles. The molecular weight excluding hydrogens is 444 g/mol. The molecule has 1 aromatic carbocycles. The minimum Gasteiger partial charge on any atom is -0.507 e. The van der Waals surface area contributed by atoms with Crippen molar-refractivity contribution in [1.82, 2.24) is 30.7 Å². The van der Waals surface area contributed by atoms with Crippen LogP contribution < -0.4 is 10.2 Å². The number of benzene rings is 1. The van der Waals surface area contributed by atoms with Gasteiger partial charge in [-0.1, -0.05) is 6.07 Å². The summed E-state index contributed by atoms with van der Waals surface area (Å²) >= 11 is 0. The average molecular weight is 470 g/mol. The molecular formula is C20H26Cl2FN7O. The van der Waals surface area contributed by atoms with Crippen LogP contribution in [0, 0.1) is 5.95 Å². The smallest absolute Gasteiger partial charge is 0.245 e. The van der Waals surface area contributed by atoms with E-state index in [1.165, 1.54) is 12.3 Å². The van der Waals surface area contributed by atoms with Gasteiger partial charge in [0.05, 0.1) is 11.8 Å². The van der Waals surface area contributed by atoms with Crippen molar-refractivity contribution in [2.45, 2.75) is 38.8 Å². The largest absolute Gasteiger partial charge is 0.507 e. The van der Waals surface area contributed by atoms with Crippen molar-refractivity contribution in [2.24, 2.45) is 0 Å². The van der Waals surface area contributed by atoms with Crippen LogP contribution >= 0.6 is 24.8 Å². The second kappa shape index (κ2) is 9.76. The normalized spacial score (nSPS) is 16.0. The number of halogens is 3. The lowest BCUT2D eigenvalue weighted by atomic mass is 10.0. The van der Waals surface area contributed by atoms with E-state index in [0.29, 0.717) is 34.4 Å². The van der Waals surface area contributed by atoms with Gasteiger partial charge in [-0.25, -0.2) is 4.98 Å². The van der Waals surface area contributed by atoms with Gasteiger partial charge >= 0.3 is 0 Å². The first-order chi connectivity index (χ1) is 13.8. The maximum Gasteiger partial charge on any atom is 0.245 e. The van der Waals surface area contributed by atoms with E-state index in [9.17, 15) is 9.50 Å². The molecule has 1 fully saturated rings. The van der Waals surface area contributed by atoms with Crippen LogP contribution in [0.1, 0.15) is 27.2 Å².